The number of aryl methyl sites for hydroxylation is 2. The van der Waals surface area contributed by atoms with Crippen LogP contribution in [-0.2, 0) is 11.3 Å². The molecule has 9 heteroatoms. The fourth-order valence-electron chi connectivity index (χ4n) is 2.72. The lowest BCUT2D eigenvalue weighted by atomic mass is 10.2. The third-order valence-electron chi connectivity index (χ3n) is 4.27. The largest absolute Gasteiger partial charge is 0.325 e. The van der Waals surface area contributed by atoms with E-state index in [0.717, 1.165) is 10.4 Å². The molecule has 6 nitrogen and oxygen atoms in total. The minimum absolute atomic E-state index is 0.0655. The average Bonchev–Trinajstić information content (AvgIpc) is 2.97. The van der Waals surface area contributed by atoms with Crippen LogP contribution in [0.3, 0.4) is 0 Å². The number of nitrogens with one attached hydrogen (secondary N) is 1. The van der Waals surface area contributed by atoms with Crippen LogP contribution in [0.2, 0.25) is 5.02 Å². The van der Waals surface area contributed by atoms with Gasteiger partial charge in [-0.1, -0.05) is 29.4 Å². The molecule has 0 atom stereocenters. The van der Waals surface area contributed by atoms with E-state index >= 15 is 0 Å². The number of halogens is 1. The molecule has 1 N–H and O–H groups in total. The van der Waals surface area contributed by atoms with E-state index in [1.54, 1.807) is 18.2 Å². The molecule has 0 saturated carbocycles. The molecular formula is C20H17ClN4O2S2. The van der Waals surface area contributed by atoms with Crippen molar-refractivity contribution in [2.75, 3.05) is 11.1 Å². The zero-order valence-corrected chi connectivity index (χ0v) is 18.2. The molecule has 0 radical (unpaired) electrons. The van der Waals surface area contributed by atoms with E-state index < -0.39 is 0 Å². The van der Waals surface area contributed by atoms with Gasteiger partial charge in [-0.25, -0.2) is 4.98 Å². The van der Waals surface area contributed by atoms with Gasteiger partial charge < -0.3 is 5.32 Å². The van der Waals surface area contributed by atoms with Gasteiger partial charge in [-0.15, -0.1) is 17.9 Å². The van der Waals surface area contributed by atoms with E-state index in [0.29, 0.717) is 33.2 Å². The van der Waals surface area contributed by atoms with Crippen molar-refractivity contribution >= 4 is 56.5 Å². The number of carbonyl (C=O) groups excluding carboxylic acids is 1. The smallest absolute Gasteiger partial charge is 0.263 e. The van der Waals surface area contributed by atoms with E-state index in [1.807, 2.05) is 19.9 Å². The van der Waals surface area contributed by atoms with Crippen LogP contribution in [-0.4, -0.2) is 21.2 Å². The lowest BCUT2D eigenvalue weighted by Gasteiger charge is -2.11. The summed E-state index contributed by atoms with van der Waals surface area (Å²) >= 11 is 8.65. The minimum Gasteiger partial charge on any atom is -0.325 e. The zero-order valence-electron chi connectivity index (χ0n) is 15.8. The summed E-state index contributed by atoms with van der Waals surface area (Å²) in [7, 11) is 0. The summed E-state index contributed by atoms with van der Waals surface area (Å²) in [5.41, 5.74) is 1.65. The number of aromatic nitrogens is 2. The van der Waals surface area contributed by atoms with Gasteiger partial charge in [0.15, 0.2) is 5.16 Å². The number of thioether (sulfide) groups is 1. The Balaban J connectivity index is 1.82. The van der Waals surface area contributed by atoms with E-state index in [-0.39, 0.29) is 22.2 Å². The standard InChI is InChI=1S/C20H17ClN4O2S2/c1-4-7-25-19(27)17-11(2)12(3)29-18(17)24-20(25)28-10-16(26)23-14-6-5-13(9-22)15(21)8-14/h4-6,8H,1,7,10H2,2-3H3,(H,23,26). The van der Waals surface area contributed by atoms with Gasteiger partial charge in [-0.3, -0.25) is 14.2 Å². The molecule has 29 heavy (non-hydrogen) atoms. The van der Waals surface area contributed by atoms with Crippen molar-refractivity contribution in [2.45, 2.75) is 25.5 Å². The van der Waals surface area contributed by atoms with Crippen molar-refractivity contribution in [3.05, 3.63) is 62.2 Å². The molecule has 0 bridgehead atoms. The number of fused-ring (bicyclic) bond motifs is 1. The van der Waals surface area contributed by atoms with E-state index in [2.05, 4.69) is 16.9 Å². The molecule has 0 fully saturated rings. The Morgan fingerprint density at radius 3 is 2.90 bits per heavy atom. The van der Waals surface area contributed by atoms with Gasteiger partial charge in [0.05, 0.1) is 21.7 Å². The second-order valence-corrected chi connectivity index (χ2v) is 8.76. The Bertz CT molecular complexity index is 1220. The second-order valence-electron chi connectivity index (χ2n) is 6.21. The Hall–Kier alpha value is -2.60. The van der Waals surface area contributed by atoms with Gasteiger partial charge in [0, 0.05) is 17.1 Å². The lowest BCUT2D eigenvalue weighted by Crippen LogP contribution is -2.23. The van der Waals surface area contributed by atoms with Crippen LogP contribution in [0, 0.1) is 25.2 Å². The van der Waals surface area contributed by atoms with Crippen LogP contribution < -0.4 is 10.9 Å². The number of rotatable bonds is 6. The van der Waals surface area contributed by atoms with Gasteiger partial charge in [-0.2, -0.15) is 5.26 Å². The van der Waals surface area contributed by atoms with Gasteiger partial charge >= 0.3 is 0 Å². The molecule has 3 aromatic rings. The number of anilines is 1. The highest BCUT2D eigenvalue weighted by atomic mass is 35.5. The van der Waals surface area contributed by atoms with Crippen molar-refractivity contribution in [1.82, 2.24) is 9.55 Å². The quantitative estimate of drug-likeness (QED) is 0.343. The van der Waals surface area contributed by atoms with E-state index in [4.69, 9.17) is 16.9 Å². The number of carbonyl (C=O) groups is 1. The third kappa shape index (κ3) is 4.37. The van der Waals surface area contributed by atoms with Gasteiger partial charge in [0.1, 0.15) is 10.9 Å². The van der Waals surface area contributed by atoms with E-state index in [9.17, 15) is 9.59 Å². The molecule has 0 aliphatic carbocycles. The highest BCUT2D eigenvalue weighted by Crippen LogP contribution is 2.28. The summed E-state index contributed by atoms with van der Waals surface area (Å²) in [6.07, 6.45) is 1.63. The van der Waals surface area contributed by atoms with Crippen LogP contribution >= 0.6 is 34.7 Å². The van der Waals surface area contributed by atoms with Crippen molar-refractivity contribution in [1.29, 1.82) is 5.26 Å². The highest BCUT2D eigenvalue weighted by molar-refractivity contribution is 7.99. The first-order valence-electron chi connectivity index (χ1n) is 8.59. The molecular weight excluding hydrogens is 428 g/mol. The van der Waals surface area contributed by atoms with Crippen molar-refractivity contribution in [2.24, 2.45) is 0 Å². The lowest BCUT2D eigenvalue weighted by molar-refractivity contribution is -0.113. The Morgan fingerprint density at radius 2 is 2.24 bits per heavy atom. The first kappa shape index (κ1) is 21.1. The molecule has 148 valence electrons. The van der Waals surface area contributed by atoms with Gasteiger partial charge in [0.25, 0.3) is 5.56 Å². The number of nitrogens with zero attached hydrogens (tertiary/aromatic N) is 3. The van der Waals surface area contributed by atoms with Crippen LogP contribution in [0.1, 0.15) is 16.0 Å². The van der Waals surface area contributed by atoms with Crippen molar-refractivity contribution < 1.29 is 4.79 Å². The molecule has 2 heterocycles. The van der Waals surface area contributed by atoms with Crippen molar-refractivity contribution in [3.8, 4) is 6.07 Å². The number of nitriles is 1. The maximum absolute atomic E-state index is 12.9. The number of hydrogen-bond donors (Lipinski definition) is 1. The fourth-order valence-corrected chi connectivity index (χ4v) is 4.82. The molecule has 0 saturated heterocycles. The summed E-state index contributed by atoms with van der Waals surface area (Å²) in [5.74, 6) is -0.204. The van der Waals surface area contributed by atoms with E-state index in [1.165, 1.54) is 33.7 Å². The fraction of sp³-hybridized carbons (Fsp3) is 0.200. The molecule has 0 aliphatic rings. The monoisotopic (exact) mass is 444 g/mol. The first-order chi connectivity index (χ1) is 13.8. The normalized spacial score (nSPS) is 10.7. The maximum Gasteiger partial charge on any atom is 0.263 e. The zero-order chi connectivity index (χ0) is 21.1. The first-order valence-corrected chi connectivity index (χ1v) is 10.8. The van der Waals surface area contributed by atoms with Gasteiger partial charge in [0.2, 0.25) is 5.91 Å². The predicted molar refractivity (Wildman–Crippen MR) is 119 cm³/mol. The number of hydrogen-bond acceptors (Lipinski definition) is 6. The SMILES string of the molecule is C=CCn1c(SCC(=O)Nc2ccc(C#N)c(Cl)c2)nc2sc(C)c(C)c2c1=O. The second kappa shape index (κ2) is 8.82. The predicted octanol–water partition coefficient (Wildman–Crippen LogP) is 4.52. The molecule has 0 unspecified atom stereocenters. The number of benzene rings is 1. The molecule has 3 rings (SSSR count). The molecule has 1 amide bonds. The maximum atomic E-state index is 12.9. The summed E-state index contributed by atoms with van der Waals surface area (Å²) in [5, 5.41) is 13.0. The Kier molecular flexibility index (Phi) is 6.42. The minimum atomic E-state index is -0.270. The number of allylic oxidation sites excluding steroid dienone is 1. The summed E-state index contributed by atoms with van der Waals surface area (Å²) in [4.78, 5) is 31.6. The summed E-state index contributed by atoms with van der Waals surface area (Å²) in [6.45, 7) is 7.90. The third-order valence-corrected chi connectivity index (χ3v) is 6.66. The topological polar surface area (TPSA) is 87.8 Å². The summed E-state index contributed by atoms with van der Waals surface area (Å²) in [6, 6.07) is 6.65. The van der Waals surface area contributed by atoms with Crippen LogP contribution in [0.15, 0.2) is 40.8 Å². The molecule has 0 spiro atoms. The van der Waals surface area contributed by atoms with Crippen molar-refractivity contribution in [3.63, 3.8) is 0 Å². The highest BCUT2D eigenvalue weighted by Gasteiger charge is 2.17. The number of thiophene rings is 1. The van der Waals surface area contributed by atoms with Crippen LogP contribution in [0.5, 0.6) is 0 Å². The average molecular weight is 445 g/mol. The Morgan fingerprint density at radius 1 is 1.48 bits per heavy atom. The number of amides is 1. The molecule has 1 aromatic carbocycles. The molecule has 2 aromatic heterocycles. The Labute approximate surface area is 180 Å². The van der Waals surface area contributed by atoms with Crippen LogP contribution in [0.25, 0.3) is 10.2 Å². The van der Waals surface area contributed by atoms with Crippen LogP contribution in [0.4, 0.5) is 5.69 Å². The summed E-state index contributed by atoms with van der Waals surface area (Å²) < 4.78 is 1.53. The van der Waals surface area contributed by atoms with Gasteiger partial charge in [-0.05, 0) is 37.6 Å². The molecule has 0 aliphatic heterocycles.